The molecular formula is C28H37N5O4Si. The van der Waals surface area contributed by atoms with Gasteiger partial charge in [0.05, 0.1) is 24.1 Å². The minimum absolute atomic E-state index is 0.0762. The largest absolute Gasteiger partial charge is 0.543 e. The molecule has 0 unspecified atom stereocenters. The first kappa shape index (κ1) is 26.2. The molecule has 5 rings (SSSR count). The van der Waals surface area contributed by atoms with Gasteiger partial charge < -0.3 is 13.8 Å². The zero-order valence-corrected chi connectivity index (χ0v) is 24.4. The zero-order chi connectivity index (χ0) is 27.5. The molecule has 1 saturated carbocycles. The molecule has 10 heteroatoms. The maximum atomic E-state index is 13.8. The normalized spacial score (nSPS) is 17.4. The maximum absolute atomic E-state index is 13.8. The molecule has 202 valence electrons. The maximum Gasteiger partial charge on any atom is 0.332 e. The highest BCUT2D eigenvalue weighted by Crippen LogP contribution is 2.46. The van der Waals surface area contributed by atoms with E-state index < -0.39 is 13.9 Å². The number of urea groups is 1. The van der Waals surface area contributed by atoms with Crippen LogP contribution in [0.3, 0.4) is 0 Å². The van der Waals surface area contributed by atoms with Crippen LogP contribution in [-0.4, -0.2) is 45.6 Å². The second-order valence-corrected chi connectivity index (χ2v) is 16.8. The van der Waals surface area contributed by atoms with Gasteiger partial charge in [-0.2, -0.15) is 5.10 Å². The van der Waals surface area contributed by atoms with E-state index in [4.69, 9.17) is 8.95 Å². The minimum Gasteiger partial charge on any atom is -0.543 e. The van der Waals surface area contributed by atoms with Gasteiger partial charge in [0.25, 0.3) is 5.91 Å². The number of nitrogens with zero attached hydrogens (tertiary/aromatic N) is 5. The van der Waals surface area contributed by atoms with Gasteiger partial charge in [-0.25, -0.2) is 9.69 Å². The second-order valence-electron chi connectivity index (χ2n) is 12.1. The molecule has 1 aliphatic carbocycles. The fourth-order valence-electron chi connectivity index (χ4n) is 4.94. The summed E-state index contributed by atoms with van der Waals surface area (Å²) in [5.41, 5.74) is 2.37. The van der Waals surface area contributed by atoms with Crippen molar-refractivity contribution in [2.75, 3.05) is 4.90 Å². The number of rotatable bonds is 7. The first-order valence-electron chi connectivity index (χ1n) is 13.2. The molecule has 1 aromatic carbocycles. The van der Waals surface area contributed by atoms with Crippen molar-refractivity contribution >= 4 is 25.9 Å². The molecule has 2 aliphatic rings. The van der Waals surface area contributed by atoms with Gasteiger partial charge in [0.15, 0.2) is 0 Å². The molecule has 38 heavy (non-hydrogen) atoms. The van der Waals surface area contributed by atoms with Gasteiger partial charge >= 0.3 is 6.03 Å². The van der Waals surface area contributed by atoms with E-state index in [-0.39, 0.29) is 17.0 Å². The molecule has 1 spiro atoms. The molecular weight excluding hydrogens is 498 g/mol. The quantitative estimate of drug-likeness (QED) is 0.280. The summed E-state index contributed by atoms with van der Waals surface area (Å²) >= 11 is 0. The van der Waals surface area contributed by atoms with Crippen molar-refractivity contribution in [2.45, 2.75) is 90.6 Å². The van der Waals surface area contributed by atoms with E-state index in [9.17, 15) is 9.59 Å². The molecule has 3 amide bonds. The summed E-state index contributed by atoms with van der Waals surface area (Å²) in [7, 11) is -2.01. The Balaban J connectivity index is 1.38. The van der Waals surface area contributed by atoms with Crippen LogP contribution >= 0.6 is 0 Å². The highest BCUT2D eigenvalue weighted by atomic mass is 28.4. The van der Waals surface area contributed by atoms with E-state index >= 15 is 0 Å². The number of hydrogen-bond donors (Lipinski definition) is 0. The lowest BCUT2D eigenvalue weighted by Crippen LogP contribution is -2.54. The van der Waals surface area contributed by atoms with Crippen LogP contribution < -0.4 is 9.33 Å². The van der Waals surface area contributed by atoms with Crippen molar-refractivity contribution in [3.63, 3.8) is 0 Å². The molecule has 3 heterocycles. The number of carbonyl (C=O) groups is 2. The van der Waals surface area contributed by atoms with Gasteiger partial charge in [-0.1, -0.05) is 38.1 Å². The van der Waals surface area contributed by atoms with E-state index in [0.717, 1.165) is 34.8 Å². The lowest BCUT2D eigenvalue weighted by Gasteiger charge is -2.42. The van der Waals surface area contributed by atoms with Crippen LogP contribution in [0.5, 0.6) is 5.75 Å². The summed E-state index contributed by atoms with van der Waals surface area (Å²) < 4.78 is 13.5. The third-order valence-corrected chi connectivity index (χ3v) is 12.9. The summed E-state index contributed by atoms with van der Waals surface area (Å²) in [6, 6.07) is 7.63. The van der Waals surface area contributed by atoms with Crippen molar-refractivity contribution in [3.8, 4) is 5.75 Å². The smallest absolute Gasteiger partial charge is 0.332 e. The number of amides is 3. The Morgan fingerprint density at radius 3 is 2.47 bits per heavy atom. The van der Waals surface area contributed by atoms with Gasteiger partial charge in [-0.05, 0) is 68.9 Å². The van der Waals surface area contributed by atoms with Gasteiger partial charge in [0.2, 0.25) is 8.32 Å². The Morgan fingerprint density at radius 1 is 1.13 bits per heavy atom. The monoisotopic (exact) mass is 535 g/mol. The van der Waals surface area contributed by atoms with Crippen molar-refractivity contribution in [1.82, 2.24) is 19.8 Å². The SMILES string of the molecule is Cc1noc(C)c1Cn1cc(N2C(=O)N(Cc3cccc(O[Si](C)(C)C(C)(C)C)c3)C3(CCC3)C2=O)cn1. The Kier molecular flexibility index (Phi) is 6.28. The van der Waals surface area contributed by atoms with Crippen LogP contribution in [0.1, 0.15) is 62.6 Å². The summed E-state index contributed by atoms with van der Waals surface area (Å²) in [6.45, 7) is 15.6. The van der Waals surface area contributed by atoms with E-state index in [1.807, 2.05) is 38.1 Å². The minimum atomic E-state index is -2.01. The zero-order valence-electron chi connectivity index (χ0n) is 23.4. The molecule has 3 aromatic rings. The molecule has 9 nitrogen and oxygen atoms in total. The Hall–Kier alpha value is -3.40. The molecule has 0 atom stereocenters. The number of carbonyl (C=O) groups excluding carboxylic acids is 2. The van der Waals surface area contributed by atoms with E-state index in [0.29, 0.717) is 31.6 Å². The highest BCUT2D eigenvalue weighted by molar-refractivity contribution is 6.74. The van der Waals surface area contributed by atoms with Crippen molar-refractivity contribution < 1.29 is 18.5 Å². The first-order valence-corrected chi connectivity index (χ1v) is 16.1. The summed E-state index contributed by atoms with van der Waals surface area (Å²) in [5.74, 6) is 1.37. The number of aryl methyl sites for hydroxylation is 2. The summed E-state index contributed by atoms with van der Waals surface area (Å²) in [4.78, 5) is 30.5. The third-order valence-electron chi connectivity index (χ3n) is 8.52. The number of imide groups is 1. The fourth-order valence-corrected chi connectivity index (χ4v) is 5.96. The van der Waals surface area contributed by atoms with Crippen LogP contribution in [0.15, 0.2) is 41.2 Å². The van der Waals surface area contributed by atoms with Crippen LogP contribution in [-0.2, 0) is 17.9 Å². The second kappa shape index (κ2) is 9.11. The Labute approximate surface area is 224 Å². The molecule has 1 aliphatic heterocycles. The molecule has 2 fully saturated rings. The fraction of sp³-hybridized carbons (Fsp3) is 0.500. The third kappa shape index (κ3) is 4.34. The van der Waals surface area contributed by atoms with Gasteiger partial charge in [-0.3, -0.25) is 9.48 Å². The molecule has 0 radical (unpaired) electrons. The first-order chi connectivity index (χ1) is 17.8. The Bertz CT molecular complexity index is 1360. The lowest BCUT2D eigenvalue weighted by molar-refractivity contribution is -0.129. The van der Waals surface area contributed by atoms with E-state index in [2.05, 4.69) is 44.1 Å². The number of aromatic nitrogens is 3. The lowest BCUT2D eigenvalue weighted by atomic mass is 9.75. The van der Waals surface area contributed by atoms with Gasteiger partial charge in [-0.15, -0.1) is 0 Å². The topological polar surface area (TPSA) is 93.7 Å². The van der Waals surface area contributed by atoms with E-state index in [1.54, 1.807) is 22.0 Å². The average molecular weight is 536 g/mol. The van der Waals surface area contributed by atoms with Crippen LogP contribution in [0.2, 0.25) is 18.1 Å². The van der Waals surface area contributed by atoms with Crippen molar-refractivity contribution in [1.29, 1.82) is 0 Å². The summed E-state index contributed by atoms with van der Waals surface area (Å²) in [6.07, 6.45) is 5.58. The van der Waals surface area contributed by atoms with Gasteiger partial charge in [0, 0.05) is 18.3 Å². The number of benzene rings is 1. The molecule has 0 bridgehead atoms. The van der Waals surface area contributed by atoms with Crippen molar-refractivity contribution in [3.05, 3.63) is 59.2 Å². The van der Waals surface area contributed by atoms with E-state index in [1.165, 1.54) is 4.90 Å². The molecule has 2 aromatic heterocycles. The number of hydrogen-bond acceptors (Lipinski definition) is 6. The van der Waals surface area contributed by atoms with Crippen LogP contribution in [0.4, 0.5) is 10.5 Å². The van der Waals surface area contributed by atoms with Crippen LogP contribution in [0, 0.1) is 13.8 Å². The predicted molar refractivity (Wildman–Crippen MR) is 147 cm³/mol. The molecule has 0 N–H and O–H groups in total. The Morgan fingerprint density at radius 2 is 1.87 bits per heavy atom. The molecule has 1 saturated heterocycles. The highest BCUT2D eigenvalue weighted by Gasteiger charge is 2.60. The predicted octanol–water partition coefficient (Wildman–Crippen LogP) is 5.81. The van der Waals surface area contributed by atoms with Gasteiger partial charge in [0.1, 0.15) is 17.0 Å². The average Bonchev–Trinajstić information content (AvgIpc) is 3.44. The van der Waals surface area contributed by atoms with Crippen LogP contribution in [0.25, 0.3) is 0 Å². The standard InChI is InChI=1S/C28H37N5O4Si/c1-19-24(20(2)36-30-19)18-31-17-22(15-29-31)33-25(34)28(12-9-13-28)32(26(33)35)16-21-10-8-11-23(14-21)37-38(6,7)27(3,4)5/h8,10-11,14-15,17H,9,12-13,16,18H2,1-7H3. The number of anilines is 1. The van der Waals surface area contributed by atoms with Crippen molar-refractivity contribution in [2.24, 2.45) is 0 Å². The summed E-state index contributed by atoms with van der Waals surface area (Å²) in [5, 5.41) is 8.50.